The maximum atomic E-state index is 12.9. The van der Waals surface area contributed by atoms with Crippen LogP contribution in [-0.2, 0) is 0 Å². The number of piperazine rings is 1. The number of halogens is 1. The van der Waals surface area contributed by atoms with E-state index in [0.717, 1.165) is 29.8 Å². The van der Waals surface area contributed by atoms with Crippen molar-refractivity contribution in [1.82, 2.24) is 10.2 Å². The highest BCUT2D eigenvalue weighted by Crippen LogP contribution is 2.29. The molecule has 3 rings (SSSR count). The molecule has 22 heavy (non-hydrogen) atoms. The molecule has 3 nitrogen and oxygen atoms in total. The van der Waals surface area contributed by atoms with Crippen LogP contribution in [0.1, 0.15) is 27.5 Å². The van der Waals surface area contributed by atoms with Crippen molar-refractivity contribution >= 4 is 17.5 Å². The topological polar surface area (TPSA) is 32.3 Å². The third kappa shape index (κ3) is 3.01. The quantitative estimate of drug-likeness (QED) is 0.921. The Hall–Kier alpha value is -1.84. The van der Waals surface area contributed by atoms with Gasteiger partial charge in [-0.25, -0.2) is 0 Å². The maximum Gasteiger partial charge on any atom is 0.254 e. The molecule has 0 aliphatic carbocycles. The lowest BCUT2D eigenvalue weighted by atomic mass is 10.0. The molecule has 1 aliphatic heterocycles. The SMILES string of the molecule is Cc1ccc(C(=O)N2CCNCC2c2ccccc2Cl)cc1. The van der Waals surface area contributed by atoms with Crippen molar-refractivity contribution in [3.8, 4) is 0 Å². The summed E-state index contributed by atoms with van der Waals surface area (Å²) in [7, 11) is 0. The molecule has 0 spiro atoms. The summed E-state index contributed by atoms with van der Waals surface area (Å²) in [6.45, 7) is 4.23. The van der Waals surface area contributed by atoms with E-state index in [1.165, 1.54) is 0 Å². The predicted molar refractivity (Wildman–Crippen MR) is 89.3 cm³/mol. The number of aryl methyl sites for hydroxylation is 1. The zero-order valence-electron chi connectivity index (χ0n) is 12.6. The molecule has 0 aromatic heterocycles. The van der Waals surface area contributed by atoms with E-state index in [1.807, 2.05) is 60.4 Å². The Labute approximate surface area is 135 Å². The number of rotatable bonds is 2. The normalized spacial score (nSPS) is 18.3. The van der Waals surface area contributed by atoms with Gasteiger partial charge in [-0.15, -0.1) is 0 Å². The second-order valence-corrected chi connectivity index (χ2v) is 6.01. The summed E-state index contributed by atoms with van der Waals surface area (Å²) in [5, 5.41) is 4.06. The van der Waals surface area contributed by atoms with Gasteiger partial charge in [-0.3, -0.25) is 4.79 Å². The predicted octanol–water partition coefficient (Wildman–Crippen LogP) is 3.44. The summed E-state index contributed by atoms with van der Waals surface area (Å²) in [6.07, 6.45) is 0. The fraction of sp³-hybridized carbons (Fsp3) is 0.278. The van der Waals surface area contributed by atoms with Crippen LogP contribution in [0.4, 0.5) is 0 Å². The lowest BCUT2D eigenvalue weighted by molar-refractivity contribution is 0.0634. The highest BCUT2D eigenvalue weighted by atomic mass is 35.5. The van der Waals surface area contributed by atoms with Gasteiger partial charge >= 0.3 is 0 Å². The molecule has 0 radical (unpaired) electrons. The Morgan fingerprint density at radius 1 is 1.18 bits per heavy atom. The van der Waals surface area contributed by atoms with Gasteiger partial charge in [-0.1, -0.05) is 47.5 Å². The summed E-state index contributed by atoms with van der Waals surface area (Å²) >= 11 is 6.33. The van der Waals surface area contributed by atoms with Crippen LogP contribution >= 0.6 is 11.6 Å². The van der Waals surface area contributed by atoms with Crippen LogP contribution in [0.15, 0.2) is 48.5 Å². The van der Waals surface area contributed by atoms with Gasteiger partial charge in [0.25, 0.3) is 5.91 Å². The third-order valence-corrected chi connectivity index (χ3v) is 4.41. The van der Waals surface area contributed by atoms with Gasteiger partial charge in [0, 0.05) is 30.2 Å². The highest BCUT2D eigenvalue weighted by molar-refractivity contribution is 6.31. The number of carbonyl (C=O) groups excluding carboxylic acids is 1. The van der Waals surface area contributed by atoms with E-state index >= 15 is 0 Å². The number of benzene rings is 2. The van der Waals surface area contributed by atoms with Crippen LogP contribution in [0.2, 0.25) is 5.02 Å². The van der Waals surface area contributed by atoms with Gasteiger partial charge in [0.15, 0.2) is 0 Å². The van der Waals surface area contributed by atoms with Crippen LogP contribution in [0.25, 0.3) is 0 Å². The Balaban J connectivity index is 1.91. The summed E-state index contributed by atoms with van der Waals surface area (Å²) in [4.78, 5) is 14.8. The van der Waals surface area contributed by atoms with Crippen molar-refractivity contribution in [2.75, 3.05) is 19.6 Å². The zero-order valence-corrected chi connectivity index (χ0v) is 13.3. The summed E-state index contributed by atoms with van der Waals surface area (Å²) in [5.41, 5.74) is 2.88. The van der Waals surface area contributed by atoms with Crippen molar-refractivity contribution in [2.45, 2.75) is 13.0 Å². The van der Waals surface area contributed by atoms with Crippen LogP contribution in [0, 0.1) is 6.92 Å². The Morgan fingerprint density at radius 3 is 2.64 bits per heavy atom. The molecule has 2 aromatic carbocycles. The molecule has 1 saturated heterocycles. The van der Waals surface area contributed by atoms with E-state index in [1.54, 1.807) is 0 Å². The molecule has 4 heteroatoms. The Morgan fingerprint density at radius 2 is 1.91 bits per heavy atom. The van der Waals surface area contributed by atoms with Crippen molar-refractivity contribution in [1.29, 1.82) is 0 Å². The van der Waals surface area contributed by atoms with Crippen LogP contribution in [0.5, 0.6) is 0 Å². The van der Waals surface area contributed by atoms with Crippen LogP contribution in [-0.4, -0.2) is 30.4 Å². The molecule has 0 saturated carbocycles. The second-order valence-electron chi connectivity index (χ2n) is 5.61. The first-order valence-electron chi connectivity index (χ1n) is 7.49. The highest BCUT2D eigenvalue weighted by Gasteiger charge is 2.29. The zero-order chi connectivity index (χ0) is 15.5. The fourth-order valence-corrected chi connectivity index (χ4v) is 3.09. The van der Waals surface area contributed by atoms with Gasteiger partial charge in [-0.2, -0.15) is 0 Å². The second kappa shape index (κ2) is 6.51. The van der Waals surface area contributed by atoms with Gasteiger partial charge in [0.05, 0.1) is 6.04 Å². The van der Waals surface area contributed by atoms with E-state index in [0.29, 0.717) is 11.6 Å². The van der Waals surface area contributed by atoms with E-state index < -0.39 is 0 Å². The number of carbonyl (C=O) groups is 1. The van der Waals surface area contributed by atoms with Crippen LogP contribution in [0.3, 0.4) is 0 Å². The molecule has 1 fully saturated rings. The lowest BCUT2D eigenvalue weighted by Crippen LogP contribution is -2.48. The number of hydrogen-bond donors (Lipinski definition) is 1. The molecule has 1 aliphatic rings. The maximum absolute atomic E-state index is 12.9. The molecular weight excluding hydrogens is 296 g/mol. The minimum Gasteiger partial charge on any atom is -0.329 e. The number of nitrogens with one attached hydrogen (secondary N) is 1. The molecule has 114 valence electrons. The molecule has 1 unspecified atom stereocenters. The van der Waals surface area contributed by atoms with E-state index in [2.05, 4.69) is 5.32 Å². The third-order valence-electron chi connectivity index (χ3n) is 4.07. The van der Waals surface area contributed by atoms with Gasteiger partial charge in [0.1, 0.15) is 0 Å². The minimum atomic E-state index is -0.0312. The number of hydrogen-bond acceptors (Lipinski definition) is 2. The average molecular weight is 315 g/mol. The molecule has 0 bridgehead atoms. The van der Waals surface area contributed by atoms with Gasteiger partial charge < -0.3 is 10.2 Å². The lowest BCUT2D eigenvalue weighted by Gasteiger charge is -2.37. The minimum absolute atomic E-state index is 0.0312. The standard InChI is InChI=1S/C18H19ClN2O/c1-13-6-8-14(9-7-13)18(22)21-11-10-20-12-17(21)15-4-2-3-5-16(15)19/h2-9,17,20H,10-12H2,1H3. The fourth-order valence-electron chi connectivity index (χ4n) is 2.83. The number of amides is 1. The summed E-state index contributed by atoms with van der Waals surface area (Å²) in [5.74, 6) is 0.0615. The van der Waals surface area contributed by atoms with E-state index in [-0.39, 0.29) is 11.9 Å². The summed E-state index contributed by atoms with van der Waals surface area (Å²) < 4.78 is 0. The molecule has 1 N–H and O–H groups in total. The Bertz CT molecular complexity index is 669. The monoisotopic (exact) mass is 314 g/mol. The number of nitrogens with zero attached hydrogens (tertiary/aromatic N) is 1. The first-order valence-corrected chi connectivity index (χ1v) is 7.87. The smallest absolute Gasteiger partial charge is 0.254 e. The van der Waals surface area contributed by atoms with Crippen molar-refractivity contribution in [2.24, 2.45) is 0 Å². The first-order chi connectivity index (χ1) is 10.7. The molecule has 1 heterocycles. The van der Waals surface area contributed by atoms with Crippen molar-refractivity contribution in [3.63, 3.8) is 0 Å². The average Bonchev–Trinajstić information content (AvgIpc) is 2.55. The Kier molecular flexibility index (Phi) is 4.46. The van der Waals surface area contributed by atoms with E-state index in [9.17, 15) is 4.79 Å². The molecular formula is C18H19ClN2O. The van der Waals surface area contributed by atoms with Gasteiger partial charge in [0.2, 0.25) is 0 Å². The van der Waals surface area contributed by atoms with Crippen LogP contribution < -0.4 is 5.32 Å². The van der Waals surface area contributed by atoms with Crippen molar-refractivity contribution in [3.05, 3.63) is 70.2 Å². The summed E-state index contributed by atoms with van der Waals surface area (Å²) in [6, 6.07) is 15.4. The van der Waals surface area contributed by atoms with Crippen molar-refractivity contribution < 1.29 is 4.79 Å². The van der Waals surface area contributed by atoms with E-state index in [4.69, 9.17) is 11.6 Å². The first kappa shape index (κ1) is 15.1. The largest absolute Gasteiger partial charge is 0.329 e. The molecule has 2 aromatic rings. The molecule has 1 amide bonds. The molecule has 1 atom stereocenters. The van der Waals surface area contributed by atoms with Gasteiger partial charge in [-0.05, 0) is 30.7 Å².